The first-order chi connectivity index (χ1) is 25.2. The second-order valence-electron chi connectivity index (χ2n) is 16.0. The van der Waals surface area contributed by atoms with Crippen LogP contribution < -0.4 is 9.64 Å². The van der Waals surface area contributed by atoms with Gasteiger partial charge >= 0.3 is 0 Å². The zero-order valence-corrected chi connectivity index (χ0v) is 28.6. The molecule has 0 N–H and O–H groups in total. The molecule has 13 rings (SSSR count). The SMILES string of the molecule is c1ccc2c(c1)ccc1cc(N(c3ccc(-c4ccc5c(c4)-n4c6ccccc6c6cccc(c64)O5)cc3)C34CC5CC(CC(C5)C3)C4)ccc12. The lowest BCUT2D eigenvalue weighted by Crippen LogP contribution is -2.58. The first kappa shape index (κ1) is 28.2. The van der Waals surface area contributed by atoms with Gasteiger partial charge in [0.15, 0.2) is 11.5 Å². The number of aromatic nitrogens is 1. The Kier molecular flexibility index (Phi) is 5.67. The lowest BCUT2D eigenvalue weighted by atomic mass is 9.52. The largest absolute Gasteiger partial charge is 0.453 e. The van der Waals surface area contributed by atoms with Gasteiger partial charge in [-0.05, 0) is 137 Å². The molecular weight excluding hydrogens is 621 g/mol. The Hall–Kier alpha value is -5.54. The Balaban J connectivity index is 0.978. The highest BCUT2D eigenvalue weighted by molar-refractivity contribution is 6.12. The summed E-state index contributed by atoms with van der Waals surface area (Å²) in [4.78, 5) is 2.79. The maximum Gasteiger partial charge on any atom is 0.152 e. The van der Waals surface area contributed by atoms with Crippen LogP contribution in [-0.2, 0) is 0 Å². The zero-order chi connectivity index (χ0) is 33.3. The van der Waals surface area contributed by atoms with Crippen LogP contribution in [0.4, 0.5) is 11.4 Å². The van der Waals surface area contributed by atoms with E-state index in [1.54, 1.807) is 0 Å². The third kappa shape index (κ3) is 4.06. The lowest BCUT2D eigenvalue weighted by Gasteiger charge is -2.61. The van der Waals surface area contributed by atoms with E-state index in [-0.39, 0.29) is 5.54 Å². The molecule has 0 amide bonds. The van der Waals surface area contributed by atoms with E-state index < -0.39 is 0 Å². The van der Waals surface area contributed by atoms with Gasteiger partial charge in [0.05, 0.1) is 16.7 Å². The van der Waals surface area contributed by atoms with E-state index >= 15 is 0 Å². The van der Waals surface area contributed by atoms with Crippen LogP contribution in [0.5, 0.6) is 11.5 Å². The number of para-hydroxylation sites is 2. The van der Waals surface area contributed by atoms with Crippen molar-refractivity contribution in [2.75, 3.05) is 4.90 Å². The number of benzene rings is 7. The van der Waals surface area contributed by atoms with Crippen molar-refractivity contribution in [1.29, 1.82) is 0 Å². The fourth-order valence-electron chi connectivity index (χ4n) is 11.4. The number of ether oxygens (including phenoxy) is 1. The van der Waals surface area contributed by atoms with Crippen molar-refractivity contribution in [2.24, 2.45) is 17.8 Å². The molecule has 1 aliphatic heterocycles. The Labute approximate surface area is 297 Å². The lowest BCUT2D eigenvalue weighted by molar-refractivity contribution is 0.000565. The summed E-state index contributed by atoms with van der Waals surface area (Å²) < 4.78 is 8.91. The molecule has 51 heavy (non-hydrogen) atoms. The summed E-state index contributed by atoms with van der Waals surface area (Å²) in [7, 11) is 0. The van der Waals surface area contributed by atoms with Crippen LogP contribution in [0.25, 0.3) is 60.2 Å². The van der Waals surface area contributed by atoms with Gasteiger partial charge in [0.1, 0.15) is 0 Å². The maximum atomic E-state index is 6.51. The molecule has 5 aliphatic rings. The van der Waals surface area contributed by atoms with E-state index in [0.717, 1.165) is 40.5 Å². The number of hydrogen-bond acceptors (Lipinski definition) is 2. The molecule has 4 fully saturated rings. The molecule has 1 aromatic heterocycles. The molecule has 0 spiro atoms. The van der Waals surface area contributed by atoms with Gasteiger partial charge in [-0.3, -0.25) is 0 Å². The molecule has 2 heterocycles. The summed E-state index contributed by atoms with van der Waals surface area (Å²) in [5.41, 5.74) is 8.71. The van der Waals surface area contributed by atoms with Gasteiger partial charge in [-0.1, -0.05) is 91.0 Å². The molecule has 3 heteroatoms. The molecule has 4 bridgehead atoms. The average Bonchev–Trinajstić information content (AvgIpc) is 3.50. The monoisotopic (exact) mass is 658 g/mol. The van der Waals surface area contributed by atoms with Gasteiger partial charge in [0.25, 0.3) is 0 Å². The normalized spacial score (nSPS) is 22.9. The van der Waals surface area contributed by atoms with Crippen molar-refractivity contribution in [3.05, 3.63) is 140 Å². The van der Waals surface area contributed by atoms with E-state index in [4.69, 9.17) is 4.74 Å². The third-order valence-electron chi connectivity index (χ3n) is 13.0. The predicted octanol–water partition coefficient (Wildman–Crippen LogP) is 13.0. The molecule has 7 aromatic carbocycles. The van der Waals surface area contributed by atoms with Crippen molar-refractivity contribution in [2.45, 2.75) is 44.1 Å². The van der Waals surface area contributed by atoms with Crippen LogP contribution in [0.1, 0.15) is 38.5 Å². The van der Waals surface area contributed by atoms with Gasteiger partial charge in [0.2, 0.25) is 0 Å². The van der Waals surface area contributed by atoms with Crippen molar-refractivity contribution < 1.29 is 4.74 Å². The second-order valence-corrected chi connectivity index (χ2v) is 16.0. The fourth-order valence-corrected chi connectivity index (χ4v) is 11.4. The average molecular weight is 659 g/mol. The quantitative estimate of drug-likeness (QED) is 0.175. The third-order valence-corrected chi connectivity index (χ3v) is 13.0. The Morgan fingerprint density at radius 3 is 2.00 bits per heavy atom. The van der Waals surface area contributed by atoms with Crippen molar-refractivity contribution >= 4 is 54.7 Å². The number of nitrogens with zero attached hydrogens (tertiary/aromatic N) is 2. The van der Waals surface area contributed by atoms with E-state index in [0.29, 0.717) is 0 Å². The van der Waals surface area contributed by atoms with Crippen molar-refractivity contribution in [1.82, 2.24) is 4.57 Å². The highest BCUT2D eigenvalue weighted by Crippen LogP contribution is 2.60. The Bertz CT molecular complexity index is 2680. The second kappa shape index (κ2) is 10.3. The maximum absolute atomic E-state index is 6.51. The first-order valence-corrected chi connectivity index (χ1v) is 18.8. The first-order valence-electron chi connectivity index (χ1n) is 18.8. The van der Waals surface area contributed by atoms with E-state index in [9.17, 15) is 0 Å². The van der Waals surface area contributed by atoms with Gasteiger partial charge in [-0.25, -0.2) is 0 Å². The standard InChI is InChI=1S/C48H38N2O/c1-2-7-39-34(6-1)12-13-36-25-38(19-20-40(36)39)50(48-27-30-22-31(28-48)24-32(23-30)29-48)37-17-14-33(15-18-37)35-16-21-45-44(26-35)49-43-10-4-3-8-41(43)42-9-5-11-46(51-45)47(42)49/h1-21,25-26,30-32H,22-24,27-29H2. The van der Waals surface area contributed by atoms with Gasteiger partial charge in [-0.2, -0.15) is 0 Å². The number of rotatable bonds is 4. The molecule has 3 nitrogen and oxygen atoms in total. The molecular formula is C48H38N2O. The minimum absolute atomic E-state index is 0.179. The molecule has 0 unspecified atom stereocenters. The summed E-state index contributed by atoms with van der Waals surface area (Å²) in [6, 6.07) is 51.9. The summed E-state index contributed by atoms with van der Waals surface area (Å²) >= 11 is 0. The van der Waals surface area contributed by atoms with Crippen LogP contribution in [0, 0.1) is 17.8 Å². The van der Waals surface area contributed by atoms with Crippen LogP contribution in [0.3, 0.4) is 0 Å². The fraction of sp³-hybridized carbons (Fsp3) is 0.208. The summed E-state index contributed by atoms with van der Waals surface area (Å²) in [5, 5.41) is 7.78. The van der Waals surface area contributed by atoms with E-state index in [1.807, 2.05) is 0 Å². The summed E-state index contributed by atoms with van der Waals surface area (Å²) in [5.74, 6) is 4.40. The van der Waals surface area contributed by atoms with Crippen LogP contribution in [0.2, 0.25) is 0 Å². The van der Waals surface area contributed by atoms with Crippen LogP contribution in [0.15, 0.2) is 140 Å². The van der Waals surface area contributed by atoms with E-state index in [2.05, 4.69) is 149 Å². The predicted molar refractivity (Wildman–Crippen MR) is 211 cm³/mol. The molecule has 4 saturated carbocycles. The number of hydrogen-bond donors (Lipinski definition) is 0. The van der Waals surface area contributed by atoms with Crippen LogP contribution >= 0.6 is 0 Å². The topological polar surface area (TPSA) is 17.4 Å². The van der Waals surface area contributed by atoms with Gasteiger partial charge in [0, 0.05) is 27.7 Å². The minimum atomic E-state index is 0.179. The summed E-state index contributed by atoms with van der Waals surface area (Å²) in [6.45, 7) is 0. The van der Waals surface area contributed by atoms with E-state index in [1.165, 1.54) is 98.9 Å². The summed E-state index contributed by atoms with van der Waals surface area (Å²) in [6.07, 6.45) is 8.23. The molecule has 0 atom stereocenters. The van der Waals surface area contributed by atoms with Crippen LogP contribution in [-0.4, -0.2) is 10.1 Å². The van der Waals surface area contributed by atoms with Gasteiger partial charge < -0.3 is 14.2 Å². The molecule has 246 valence electrons. The zero-order valence-electron chi connectivity index (χ0n) is 28.6. The molecule has 4 aliphatic carbocycles. The highest BCUT2D eigenvalue weighted by Gasteiger charge is 2.54. The molecule has 0 saturated heterocycles. The number of fused-ring (bicyclic) bond motifs is 8. The molecule has 8 aromatic rings. The van der Waals surface area contributed by atoms with Crippen molar-refractivity contribution in [3.8, 4) is 28.3 Å². The Morgan fingerprint density at radius 2 is 1.18 bits per heavy atom. The number of anilines is 2. The highest BCUT2D eigenvalue weighted by atomic mass is 16.5. The minimum Gasteiger partial charge on any atom is -0.453 e. The smallest absolute Gasteiger partial charge is 0.152 e. The Morgan fingerprint density at radius 1 is 0.510 bits per heavy atom. The van der Waals surface area contributed by atoms with Gasteiger partial charge in [-0.15, -0.1) is 0 Å². The molecule has 0 radical (unpaired) electrons. The van der Waals surface area contributed by atoms with Crippen molar-refractivity contribution in [3.63, 3.8) is 0 Å².